The van der Waals surface area contributed by atoms with Crippen LogP contribution in [0.25, 0.3) is 0 Å². The Morgan fingerprint density at radius 2 is 1.79 bits per heavy atom. The number of rotatable bonds is 4. The van der Waals surface area contributed by atoms with E-state index in [4.69, 9.17) is 31.9 Å². The number of carboxylic acids is 1. The highest BCUT2D eigenvalue weighted by atomic mass is 35.5. The number of benzene rings is 1. The number of hydrogen-bond donors (Lipinski definition) is 2. The third-order valence-electron chi connectivity index (χ3n) is 1.90. The van der Waals surface area contributed by atoms with Gasteiger partial charge < -0.3 is 20.3 Å². The van der Waals surface area contributed by atoms with E-state index in [0.29, 0.717) is 22.2 Å². The van der Waals surface area contributed by atoms with Crippen LogP contribution in [0.4, 0.5) is 5.69 Å². The van der Waals surface area contributed by atoms with Gasteiger partial charge in [-0.2, -0.15) is 0 Å². The summed E-state index contributed by atoms with van der Waals surface area (Å²) in [5.74, 6) is -0.251. The summed E-state index contributed by atoms with van der Waals surface area (Å²) in [6.07, 6.45) is -0.361. The summed E-state index contributed by atoms with van der Waals surface area (Å²) in [6, 6.07) is 3.25. The zero-order chi connectivity index (χ0) is 15.0. The van der Waals surface area contributed by atoms with Crippen LogP contribution in [0.2, 0.25) is 5.02 Å². The lowest BCUT2D eigenvalue weighted by Crippen LogP contribution is -2.00. The number of aliphatic carboxylic acids is 1. The third kappa shape index (κ3) is 6.52. The van der Waals surface area contributed by atoms with Gasteiger partial charge >= 0.3 is 5.97 Å². The van der Waals surface area contributed by atoms with Crippen molar-refractivity contribution in [3.8, 4) is 11.5 Å². The SMILES string of the molecule is CC(=O)CC(=O)O.COc1cc(OC)c(Cl)cc1N. The van der Waals surface area contributed by atoms with Crippen molar-refractivity contribution in [1.29, 1.82) is 0 Å². The Balaban J connectivity index is 0.000000399. The summed E-state index contributed by atoms with van der Waals surface area (Å²) >= 11 is 5.80. The van der Waals surface area contributed by atoms with Crippen molar-refractivity contribution in [2.45, 2.75) is 13.3 Å². The molecule has 0 saturated carbocycles. The molecule has 7 heteroatoms. The van der Waals surface area contributed by atoms with Gasteiger partial charge in [-0.1, -0.05) is 11.6 Å². The molecule has 0 atom stereocenters. The second kappa shape index (κ2) is 8.20. The quantitative estimate of drug-likeness (QED) is 0.649. The number of hydrogen-bond acceptors (Lipinski definition) is 5. The van der Waals surface area contributed by atoms with Gasteiger partial charge in [0.15, 0.2) is 0 Å². The molecule has 1 rings (SSSR count). The van der Waals surface area contributed by atoms with Gasteiger partial charge in [-0.3, -0.25) is 9.59 Å². The van der Waals surface area contributed by atoms with Crippen LogP contribution in [-0.4, -0.2) is 31.1 Å². The largest absolute Gasteiger partial charge is 0.495 e. The fourth-order valence-corrected chi connectivity index (χ4v) is 1.35. The summed E-state index contributed by atoms with van der Waals surface area (Å²) in [5, 5.41) is 8.35. The van der Waals surface area contributed by atoms with Crippen molar-refractivity contribution in [2.75, 3.05) is 20.0 Å². The second-order valence-electron chi connectivity index (χ2n) is 3.50. The Labute approximate surface area is 116 Å². The van der Waals surface area contributed by atoms with E-state index in [-0.39, 0.29) is 12.2 Å². The van der Waals surface area contributed by atoms with Crippen LogP contribution in [0, 0.1) is 0 Å². The number of carboxylic acid groups (broad SMARTS) is 1. The molecule has 0 amide bonds. The Kier molecular flexibility index (Phi) is 7.36. The van der Waals surface area contributed by atoms with Crippen LogP contribution >= 0.6 is 11.6 Å². The van der Waals surface area contributed by atoms with Crippen molar-refractivity contribution in [2.24, 2.45) is 0 Å². The Bertz CT molecular complexity index is 424. The average molecular weight is 290 g/mol. The smallest absolute Gasteiger partial charge is 0.310 e. The monoisotopic (exact) mass is 289 g/mol. The van der Waals surface area contributed by atoms with Gasteiger partial charge in [0.25, 0.3) is 0 Å². The highest BCUT2D eigenvalue weighted by molar-refractivity contribution is 6.32. The molecule has 0 aromatic heterocycles. The summed E-state index contributed by atoms with van der Waals surface area (Å²) in [5.41, 5.74) is 6.09. The predicted molar refractivity (Wildman–Crippen MR) is 71.9 cm³/mol. The molecule has 1 aromatic rings. The molecule has 0 unspecified atom stereocenters. The van der Waals surface area contributed by atoms with E-state index in [0.717, 1.165) is 0 Å². The van der Waals surface area contributed by atoms with Crippen LogP contribution in [0.5, 0.6) is 11.5 Å². The Morgan fingerprint density at radius 3 is 2.11 bits per heavy atom. The molecule has 0 aliphatic carbocycles. The standard InChI is InChI=1S/C8H10ClNO2.C4H6O3/c1-11-7-4-8(12-2)6(10)3-5(7)9;1-3(5)2-4(6)7/h3-4H,10H2,1-2H3;2H2,1H3,(H,6,7). The van der Waals surface area contributed by atoms with E-state index in [1.165, 1.54) is 14.0 Å². The average Bonchev–Trinajstić information content (AvgIpc) is 2.28. The first-order valence-corrected chi connectivity index (χ1v) is 5.57. The van der Waals surface area contributed by atoms with Crippen molar-refractivity contribution in [3.05, 3.63) is 17.2 Å². The topological polar surface area (TPSA) is 98.9 Å². The minimum Gasteiger partial charge on any atom is -0.495 e. The molecule has 0 spiro atoms. The zero-order valence-electron chi connectivity index (χ0n) is 10.9. The molecular weight excluding hydrogens is 274 g/mol. The van der Waals surface area contributed by atoms with Crippen molar-refractivity contribution in [1.82, 2.24) is 0 Å². The highest BCUT2D eigenvalue weighted by Gasteiger charge is 2.06. The van der Waals surface area contributed by atoms with Gasteiger partial charge in [0, 0.05) is 6.07 Å². The molecule has 0 fully saturated rings. The molecule has 0 radical (unpaired) electrons. The lowest BCUT2D eigenvalue weighted by atomic mass is 10.3. The highest BCUT2D eigenvalue weighted by Crippen LogP contribution is 2.33. The van der Waals surface area contributed by atoms with Gasteiger partial charge in [0.1, 0.15) is 23.7 Å². The van der Waals surface area contributed by atoms with Crippen LogP contribution in [-0.2, 0) is 9.59 Å². The maximum absolute atomic E-state index is 9.87. The summed E-state index contributed by atoms with van der Waals surface area (Å²) in [7, 11) is 3.08. The van der Waals surface area contributed by atoms with E-state index in [9.17, 15) is 9.59 Å². The number of Topliss-reactive ketones (excluding diaryl/α,β-unsaturated/α-hetero) is 1. The van der Waals surface area contributed by atoms with Crippen LogP contribution in [0.3, 0.4) is 0 Å². The number of nitrogens with two attached hydrogens (primary N) is 1. The summed E-state index contributed by atoms with van der Waals surface area (Å²) in [4.78, 5) is 19.5. The number of nitrogen functional groups attached to an aromatic ring is 1. The third-order valence-corrected chi connectivity index (χ3v) is 2.20. The molecule has 1 aromatic carbocycles. The van der Waals surface area contributed by atoms with Gasteiger partial charge in [-0.15, -0.1) is 0 Å². The van der Waals surface area contributed by atoms with Crippen LogP contribution < -0.4 is 15.2 Å². The Morgan fingerprint density at radius 1 is 1.26 bits per heavy atom. The van der Waals surface area contributed by atoms with Gasteiger partial charge in [-0.25, -0.2) is 0 Å². The number of halogens is 1. The lowest BCUT2D eigenvalue weighted by molar-refractivity contribution is -0.139. The van der Waals surface area contributed by atoms with Gasteiger partial charge in [0.2, 0.25) is 0 Å². The van der Waals surface area contributed by atoms with Gasteiger partial charge in [-0.05, 0) is 13.0 Å². The molecule has 0 aliphatic heterocycles. The van der Waals surface area contributed by atoms with Gasteiger partial charge in [0.05, 0.1) is 24.9 Å². The molecule has 106 valence electrons. The van der Waals surface area contributed by atoms with Crippen molar-refractivity contribution >= 4 is 29.0 Å². The number of ether oxygens (including phenoxy) is 2. The van der Waals surface area contributed by atoms with E-state index in [1.807, 2.05) is 0 Å². The lowest BCUT2D eigenvalue weighted by Gasteiger charge is -2.08. The number of carbonyl (C=O) groups excluding carboxylic acids is 1. The number of anilines is 1. The minimum absolute atomic E-state index is 0.312. The molecule has 0 saturated heterocycles. The van der Waals surface area contributed by atoms with Crippen molar-refractivity contribution in [3.63, 3.8) is 0 Å². The van der Waals surface area contributed by atoms with Crippen molar-refractivity contribution < 1.29 is 24.2 Å². The predicted octanol–water partition coefficient (Wildman–Crippen LogP) is 1.99. The molecule has 0 bridgehead atoms. The Hall–Kier alpha value is -1.95. The van der Waals surface area contributed by atoms with E-state index < -0.39 is 5.97 Å². The van der Waals surface area contributed by atoms with E-state index >= 15 is 0 Å². The number of ketones is 1. The second-order valence-corrected chi connectivity index (χ2v) is 3.91. The first-order valence-electron chi connectivity index (χ1n) is 5.20. The maximum Gasteiger partial charge on any atom is 0.310 e. The van der Waals surface area contributed by atoms with E-state index in [1.54, 1.807) is 19.2 Å². The number of carbonyl (C=O) groups is 2. The zero-order valence-corrected chi connectivity index (χ0v) is 11.7. The first kappa shape index (κ1) is 17.1. The summed E-state index contributed by atoms with van der Waals surface area (Å²) in [6.45, 7) is 1.24. The molecule has 3 N–H and O–H groups in total. The summed E-state index contributed by atoms with van der Waals surface area (Å²) < 4.78 is 9.95. The first-order chi connectivity index (χ1) is 8.81. The normalized spacial score (nSPS) is 9.05. The molecule has 0 aliphatic rings. The molecular formula is C12H16ClNO5. The van der Waals surface area contributed by atoms with Crippen LogP contribution in [0.1, 0.15) is 13.3 Å². The molecule has 19 heavy (non-hydrogen) atoms. The molecule has 6 nitrogen and oxygen atoms in total. The van der Waals surface area contributed by atoms with E-state index in [2.05, 4.69) is 0 Å². The maximum atomic E-state index is 9.87. The molecule has 0 heterocycles. The fourth-order valence-electron chi connectivity index (χ4n) is 1.10. The fraction of sp³-hybridized carbons (Fsp3) is 0.333. The van der Waals surface area contributed by atoms with Crippen LogP contribution in [0.15, 0.2) is 12.1 Å². The minimum atomic E-state index is -1.06. The number of methoxy groups -OCH3 is 2.